The van der Waals surface area contributed by atoms with Crippen molar-refractivity contribution in [2.24, 2.45) is 5.41 Å². The van der Waals surface area contributed by atoms with E-state index in [2.05, 4.69) is 19.2 Å². The molecule has 0 amide bonds. The molecule has 1 aromatic heterocycles. The molecular weight excluding hydrogens is 492 g/mol. The number of phenols is 1. The second-order valence-electron chi connectivity index (χ2n) is 10.8. The van der Waals surface area contributed by atoms with Crippen LogP contribution < -0.4 is 14.8 Å². The third-order valence-corrected chi connectivity index (χ3v) is 7.20. The lowest BCUT2D eigenvalue weighted by Crippen LogP contribution is -2.36. The Labute approximate surface area is 226 Å². The van der Waals surface area contributed by atoms with Gasteiger partial charge in [-0.3, -0.25) is 4.79 Å². The summed E-state index contributed by atoms with van der Waals surface area (Å²) in [5, 5.41) is 18.0. The van der Waals surface area contributed by atoms with Gasteiger partial charge in [0.05, 0.1) is 7.11 Å². The van der Waals surface area contributed by atoms with Gasteiger partial charge in [0.25, 0.3) is 0 Å². The van der Waals surface area contributed by atoms with E-state index in [0.29, 0.717) is 41.9 Å². The number of anilines is 1. The summed E-state index contributed by atoms with van der Waals surface area (Å²) >= 11 is 0. The Morgan fingerprint density at radius 3 is 2.54 bits per heavy atom. The predicted molar refractivity (Wildman–Crippen MR) is 148 cm³/mol. The smallest absolute Gasteiger partial charge is 0.226 e. The van der Waals surface area contributed by atoms with Crippen LogP contribution in [0.5, 0.6) is 17.2 Å². The Hall–Kier alpha value is -4.59. The summed E-state index contributed by atoms with van der Waals surface area (Å²) in [4.78, 5) is 18.4. The maximum atomic E-state index is 13.6. The van der Waals surface area contributed by atoms with Crippen LogP contribution in [-0.4, -0.2) is 32.8 Å². The van der Waals surface area contributed by atoms with E-state index in [4.69, 9.17) is 19.6 Å². The number of carbonyl (C=O) groups is 1. The molecule has 0 radical (unpaired) electrons. The van der Waals surface area contributed by atoms with Crippen molar-refractivity contribution >= 4 is 11.7 Å². The molecule has 0 spiro atoms. The highest BCUT2D eigenvalue weighted by Crippen LogP contribution is 2.46. The van der Waals surface area contributed by atoms with Crippen molar-refractivity contribution in [2.45, 2.75) is 39.3 Å². The zero-order chi connectivity index (χ0) is 27.1. The molecule has 1 unspecified atom stereocenters. The molecule has 1 aliphatic heterocycles. The van der Waals surface area contributed by atoms with E-state index in [1.165, 1.54) is 0 Å². The van der Waals surface area contributed by atoms with Crippen molar-refractivity contribution in [3.8, 4) is 28.6 Å². The van der Waals surface area contributed by atoms with Crippen LogP contribution in [0.15, 0.2) is 84.1 Å². The summed E-state index contributed by atoms with van der Waals surface area (Å²) in [6.45, 7) is 4.62. The van der Waals surface area contributed by atoms with Gasteiger partial charge in [0, 0.05) is 23.3 Å². The highest BCUT2D eigenvalue weighted by molar-refractivity contribution is 6.00. The van der Waals surface area contributed by atoms with Gasteiger partial charge in [-0.05, 0) is 59.4 Å². The number of aromatic hydroxyl groups is 1. The first-order valence-electron chi connectivity index (χ1n) is 13.0. The molecule has 8 heteroatoms. The van der Waals surface area contributed by atoms with Crippen molar-refractivity contribution in [1.82, 2.24) is 14.8 Å². The van der Waals surface area contributed by atoms with Gasteiger partial charge in [-0.25, -0.2) is 4.68 Å². The number of rotatable bonds is 6. The fourth-order valence-corrected chi connectivity index (χ4v) is 5.36. The monoisotopic (exact) mass is 522 g/mol. The zero-order valence-corrected chi connectivity index (χ0v) is 22.1. The molecule has 2 heterocycles. The Kier molecular flexibility index (Phi) is 6.10. The molecule has 6 rings (SSSR count). The molecular formula is C31H30N4O4. The number of carbonyl (C=O) groups excluding carboxylic acids is 1. The molecule has 2 aliphatic rings. The largest absolute Gasteiger partial charge is 0.508 e. The number of ketones is 1. The zero-order valence-electron chi connectivity index (χ0n) is 22.1. The first kappa shape index (κ1) is 24.7. The third kappa shape index (κ3) is 4.74. The first-order valence-corrected chi connectivity index (χ1v) is 13.0. The van der Waals surface area contributed by atoms with Gasteiger partial charge in [0.2, 0.25) is 5.95 Å². The minimum absolute atomic E-state index is 0.0921. The number of aromatic nitrogens is 3. The standard InChI is InChI=1S/C31H30N4O4/c1-31(2)16-23-27(24(37)17-31)28(35-30(32-23)33-29(34-35)20-9-12-22(36)13-10-20)21-11-14-25(26(15-21)38-3)39-18-19-7-5-4-6-8-19/h4-15,28,36H,16-18H2,1-3H3,(H,32,33,34). The van der Waals surface area contributed by atoms with Gasteiger partial charge in [0.1, 0.15) is 18.4 Å². The minimum Gasteiger partial charge on any atom is -0.508 e. The molecule has 0 bridgehead atoms. The average Bonchev–Trinajstić information content (AvgIpc) is 3.34. The first-order chi connectivity index (χ1) is 18.8. The van der Waals surface area contributed by atoms with Gasteiger partial charge in [-0.1, -0.05) is 50.2 Å². The second-order valence-corrected chi connectivity index (χ2v) is 10.8. The molecule has 0 saturated carbocycles. The van der Waals surface area contributed by atoms with E-state index in [1.807, 2.05) is 48.5 Å². The van der Waals surface area contributed by atoms with Crippen LogP contribution in [0, 0.1) is 5.41 Å². The summed E-state index contributed by atoms with van der Waals surface area (Å²) < 4.78 is 13.6. The highest BCUT2D eigenvalue weighted by atomic mass is 16.5. The topological polar surface area (TPSA) is 98.5 Å². The molecule has 3 aromatic carbocycles. The van der Waals surface area contributed by atoms with E-state index >= 15 is 0 Å². The Morgan fingerprint density at radius 1 is 1.03 bits per heavy atom. The summed E-state index contributed by atoms with van der Waals surface area (Å²) in [5.74, 6) is 2.53. The van der Waals surface area contributed by atoms with Gasteiger partial charge < -0.3 is 19.9 Å². The van der Waals surface area contributed by atoms with E-state index in [9.17, 15) is 9.90 Å². The van der Waals surface area contributed by atoms with Crippen LogP contribution in [0.1, 0.15) is 43.9 Å². The van der Waals surface area contributed by atoms with Crippen LogP contribution in [-0.2, 0) is 11.4 Å². The molecule has 0 fully saturated rings. The van der Waals surface area contributed by atoms with E-state index in [-0.39, 0.29) is 16.9 Å². The number of benzene rings is 3. The molecule has 1 aliphatic carbocycles. The highest BCUT2D eigenvalue weighted by Gasteiger charge is 2.42. The Balaban J connectivity index is 1.42. The number of methoxy groups -OCH3 is 1. The lowest BCUT2D eigenvalue weighted by Gasteiger charge is -2.38. The third-order valence-electron chi connectivity index (χ3n) is 7.20. The average molecular weight is 523 g/mol. The fourth-order valence-electron chi connectivity index (χ4n) is 5.36. The van der Waals surface area contributed by atoms with Gasteiger partial charge in [0.15, 0.2) is 23.1 Å². The van der Waals surface area contributed by atoms with Crippen molar-refractivity contribution in [3.63, 3.8) is 0 Å². The van der Waals surface area contributed by atoms with Crippen molar-refractivity contribution in [1.29, 1.82) is 0 Å². The van der Waals surface area contributed by atoms with Crippen LogP contribution in [0.25, 0.3) is 11.4 Å². The van der Waals surface area contributed by atoms with E-state index in [0.717, 1.165) is 28.8 Å². The predicted octanol–water partition coefficient (Wildman–Crippen LogP) is 5.90. The number of nitrogens with one attached hydrogen (secondary N) is 1. The van der Waals surface area contributed by atoms with Crippen molar-refractivity contribution in [2.75, 3.05) is 12.4 Å². The van der Waals surface area contributed by atoms with Crippen LogP contribution in [0.2, 0.25) is 0 Å². The summed E-state index contributed by atoms with van der Waals surface area (Å²) in [5.41, 5.74) is 4.08. The van der Waals surface area contributed by atoms with Gasteiger partial charge in [-0.2, -0.15) is 4.98 Å². The number of hydrogen-bond acceptors (Lipinski definition) is 7. The quantitative estimate of drug-likeness (QED) is 0.325. The van der Waals surface area contributed by atoms with Crippen molar-refractivity contribution in [3.05, 3.63) is 95.2 Å². The second kappa shape index (κ2) is 9.62. The van der Waals surface area contributed by atoms with Crippen LogP contribution in [0.3, 0.4) is 0 Å². The number of ether oxygens (including phenoxy) is 2. The molecule has 39 heavy (non-hydrogen) atoms. The molecule has 4 aromatic rings. The van der Waals surface area contributed by atoms with Crippen LogP contribution in [0.4, 0.5) is 5.95 Å². The molecule has 8 nitrogen and oxygen atoms in total. The van der Waals surface area contributed by atoms with Crippen molar-refractivity contribution < 1.29 is 19.4 Å². The Bertz CT molecular complexity index is 1570. The lowest BCUT2D eigenvalue weighted by molar-refractivity contribution is -0.118. The molecule has 1 atom stereocenters. The summed E-state index contributed by atoms with van der Waals surface area (Å²) in [6, 6.07) is 22.0. The van der Waals surface area contributed by atoms with E-state index in [1.54, 1.807) is 36.1 Å². The summed E-state index contributed by atoms with van der Waals surface area (Å²) in [7, 11) is 1.61. The van der Waals surface area contributed by atoms with Gasteiger partial charge in [-0.15, -0.1) is 5.10 Å². The minimum atomic E-state index is -0.477. The number of Topliss-reactive ketones (excluding diaryl/α,β-unsaturated/α-hetero) is 1. The molecule has 198 valence electrons. The molecule has 2 N–H and O–H groups in total. The number of nitrogens with zero attached hydrogens (tertiary/aromatic N) is 3. The number of allylic oxidation sites excluding steroid dienone is 2. The normalized spacial score (nSPS) is 17.7. The van der Waals surface area contributed by atoms with Gasteiger partial charge >= 0.3 is 0 Å². The summed E-state index contributed by atoms with van der Waals surface area (Å²) in [6.07, 6.45) is 1.18. The fraction of sp³-hybridized carbons (Fsp3) is 0.258. The molecule has 0 saturated heterocycles. The van der Waals surface area contributed by atoms with Crippen LogP contribution >= 0.6 is 0 Å². The Morgan fingerprint density at radius 2 is 1.79 bits per heavy atom. The maximum absolute atomic E-state index is 13.6. The number of fused-ring (bicyclic) bond motifs is 1. The number of phenolic OH excluding ortho intramolecular Hbond substituents is 1. The van der Waals surface area contributed by atoms with E-state index < -0.39 is 6.04 Å². The maximum Gasteiger partial charge on any atom is 0.226 e. The SMILES string of the molecule is COc1cc(C2C3=C(CC(C)(C)CC3=O)Nc3nc(-c4ccc(O)cc4)nn32)ccc1OCc1ccccc1. The lowest BCUT2D eigenvalue weighted by atomic mass is 9.73. The number of hydrogen-bond donors (Lipinski definition) is 2.